The van der Waals surface area contributed by atoms with Gasteiger partial charge in [-0.3, -0.25) is 14.4 Å². The summed E-state index contributed by atoms with van der Waals surface area (Å²) in [5, 5.41) is 5.81. The lowest BCUT2D eigenvalue weighted by Crippen LogP contribution is -2.54. The summed E-state index contributed by atoms with van der Waals surface area (Å²) in [4.78, 5) is 39.9. The van der Waals surface area contributed by atoms with Gasteiger partial charge in [0.2, 0.25) is 5.91 Å². The van der Waals surface area contributed by atoms with Gasteiger partial charge in [-0.25, -0.2) is 4.39 Å². The van der Waals surface area contributed by atoms with Crippen molar-refractivity contribution in [3.8, 4) is 5.75 Å². The Morgan fingerprint density at radius 2 is 1.86 bits per heavy atom. The molecule has 0 radical (unpaired) electrons. The number of fused-ring (bicyclic) bond motifs is 2. The van der Waals surface area contributed by atoms with E-state index in [0.717, 1.165) is 19.3 Å². The minimum Gasteiger partial charge on any atom is -0.490 e. The minimum absolute atomic E-state index is 0.0138. The summed E-state index contributed by atoms with van der Waals surface area (Å²) >= 11 is 0. The summed E-state index contributed by atoms with van der Waals surface area (Å²) in [5.41, 5.74) is 1.08. The molecule has 1 saturated carbocycles. The van der Waals surface area contributed by atoms with Gasteiger partial charge in [-0.05, 0) is 74.6 Å². The van der Waals surface area contributed by atoms with Crippen LogP contribution in [0.3, 0.4) is 0 Å². The molecule has 2 fully saturated rings. The zero-order valence-corrected chi connectivity index (χ0v) is 20.2. The molecular formula is C27H30FN3O5. The lowest BCUT2D eigenvalue weighted by atomic mass is 9.92. The molecule has 3 aliphatic rings. The smallest absolute Gasteiger partial charge is 0.257 e. The minimum atomic E-state index is -0.424. The van der Waals surface area contributed by atoms with Gasteiger partial charge in [-0.2, -0.15) is 0 Å². The molecule has 2 aliphatic heterocycles. The van der Waals surface area contributed by atoms with Crippen LogP contribution in [0.5, 0.6) is 5.75 Å². The van der Waals surface area contributed by atoms with E-state index in [9.17, 15) is 18.8 Å². The SMILES string of the molecule is CN1C(=O)c2cc(NC(=O)c3ccc(F)cc3)ccc2OC[C@@H]2O[C@H](CC(=O)NC3CCC3)CC[C@@H]21. The van der Waals surface area contributed by atoms with E-state index in [2.05, 4.69) is 10.6 Å². The van der Waals surface area contributed by atoms with Crippen molar-refractivity contribution in [3.05, 3.63) is 59.4 Å². The van der Waals surface area contributed by atoms with Crippen molar-refractivity contribution in [1.29, 1.82) is 0 Å². The standard InChI is InChI=1S/C27H30FN3O5/c1-31-22-11-10-20(14-25(32)29-18-3-2-4-18)36-24(22)15-35-23-12-9-19(13-21(23)27(31)34)30-26(33)16-5-7-17(28)8-6-16/h5-9,12-13,18,20,22,24H,2-4,10-11,14-15H2,1H3,(H,29,32)(H,30,33)/t20-,22-,24-/m0/s1. The van der Waals surface area contributed by atoms with E-state index in [-0.39, 0.29) is 36.7 Å². The zero-order chi connectivity index (χ0) is 25.2. The maximum absolute atomic E-state index is 13.4. The first kappa shape index (κ1) is 24.2. The second-order valence-corrected chi connectivity index (χ2v) is 9.74. The Morgan fingerprint density at radius 1 is 1.08 bits per heavy atom. The van der Waals surface area contributed by atoms with Crippen LogP contribution in [0.15, 0.2) is 42.5 Å². The normalized spacial score (nSPS) is 23.8. The summed E-state index contributed by atoms with van der Waals surface area (Å²) in [6.45, 7) is 0.247. The molecule has 2 aromatic rings. The van der Waals surface area contributed by atoms with Crippen molar-refractivity contribution < 1.29 is 28.2 Å². The molecule has 5 rings (SSSR count). The van der Waals surface area contributed by atoms with Crippen molar-refractivity contribution in [2.75, 3.05) is 19.0 Å². The third kappa shape index (κ3) is 5.21. The van der Waals surface area contributed by atoms with Gasteiger partial charge >= 0.3 is 0 Å². The van der Waals surface area contributed by atoms with Gasteiger partial charge in [0.15, 0.2) is 0 Å². The number of likely N-dealkylation sites (N-methyl/N-ethyl adjacent to an activating group) is 1. The molecule has 2 heterocycles. The molecule has 0 spiro atoms. The van der Waals surface area contributed by atoms with Gasteiger partial charge in [0.05, 0.1) is 24.1 Å². The number of nitrogens with zero attached hydrogens (tertiary/aromatic N) is 1. The van der Waals surface area contributed by atoms with Gasteiger partial charge in [0.1, 0.15) is 24.3 Å². The molecule has 9 heteroatoms. The molecule has 1 saturated heterocycles. The highest BCUT2D eigenvalue weighted by Gasteiger charge is 2.39. The van der Waals surface area contributed by atoms with Crippen molar-refractivity contribution in [1.82, 2.24) is 10.2 Å². The summed E-state index contributed by atoms with van der Waals surface area (Å²) in [5.74, 6) is -0.650. The van der Waals surface area contributed by atoms with Gasteiger partial charge in [-0.15, -0.1) is 0 Å². The van der Waals surface area contributed by atoms with E-state index in [1.54, 1.807) is 30.1 Å². The Labute approximate surface area is 209 Å². The van der Waals surface area contributed by atoms with Crippen LogP contribution in [0, 0.1) is 5.82 Å². The highest BCUT2D eigenvalue weighted by Crippen LogP contribution is 2.32. The summed E-state index contributed by atoms with van der Waals surface area (Å²) in [6, 6.07) is 10.2. The van der Waals surface area contributed by atoms with Crippen molar-refractivity contribution in [2.45, 2.75) is 62.8 Å². The largest absolute Gasteiger partial charge is 0.490 e. The number of rotatable bonds is 5. The number of anilines is 1. The van der Waals surface area contributed by atoms with E-state index in [4.69, 9.17) is 9.47 Å². The first-order valence-corrected chi connectivity index (χ1v) is 12.4. The van der Waals surface area contributed by atoms with Crippen molar-refractivity contribution in [3.63, 3.8) is 0 Å². The molecule has 2 aromatic carbocycles. The molecule has 0 unspecified atom stereocenters. The Hall–Kier alpha value is -3.46. The van der Waals surface area contributed by atoms with E-state index in [0.29, 0.717) is 47.9 Å². The second-order valence-electron chi connectivity index (χ2n) is 9.74. The highest BCUT2D eigenvalue weighted by atomic mass is 19.1. The van der Waals surface area contributed by atoms with Crippen molar-refractivity contribution in [2.24, 2.45) is 0 Å². The molecule has 0 bridgehead atoms. The van der Waals surface area contributed by atoms with E-state index in [1.807, 2.05) is 0 Å². The van der Waals surface area contributed by atoms with Gasteiger partial charge in [0, 0.05) is 24.3 Å². The topological polar surface area (TPSA) is 97.0 Å². The van der Waals surface area contributed by atoms with E-state index in [1.165, 1.54) is 24.3 Å². The zero-order valence-electron chi connectivity index (χ0n) is 20.2. The first-order chi connectivity index (χ1) is 17.4. The predicted molar refractivity (Wildman–Crippen MR) is 130 cm³/mol. The van der Waals surface area contributed by atoms with Crippen LogP contribution in [0.1, 0.15) is 59.2 Å². The van der Waals surface area contributed by atoms with Crippen LogP contribution in [-0.4, -0.2) is 60.6 Å². The average molecular weight is 496 g/mol. The van der Waals surface area contributed by atoms with Crippen LogP contribution in [0.4, 0.5) is 10.1 Å². The molecule has 3 atom stereocenters. The fourth-order valence-electron chi connectivity index (χ4n) is 4.96. The lowest BCUT2D eigenvalue weighted by Gasteiger charge is -2.42. The summed E-state index contributed by atoms with van der Waals surface area (Å²) in [7, 11) is 1.74. The molecule has 0 aromatic heterocycles. The number of carbonyl (C=O) groups is 3. The monoisotopic (exact) mass is 495 g/mol. The molecule has 3 amide bonds. The lowest BCUT2D eigenvalue weighted by molar-refractivity contribution is -0.135. The maximum Gasteiger partial charge on any atom is 0.257 e. The molecule has 8 nitrogen and oxygen atoms in total. The summed E-state index contributed by atoms with van der Waals surface area (Å²) < 4.78 is 25.4. The quantitative estimate of drug-likeness (QED) is 0.662. The van der Waals surface area contributed by atoms with Crippen LogP contribution < -0.4 is 15.4 Å². The summed E-state index contributed by atoms with van der Waals surface area (Å²) in [6.07, 6.45) is 4.38. The fraction of sp³-hybridized carbons (Fsp3) is 0.444. The number of amides is 3. The number of ether oxygens (including phenoxy) is 2. The van der Waals surface area contributed by atoms with Gasteiger partial charge < -0.3 is 25.0 Å². The number of nitrogens with one attached hydrogen (secondary N) is 2. The Bertz CT molecular complexity index is 1150. The molecular weight excluding hydrogens is 465 g/mol. The van der Waals surface area contributed by atoms with Gasteiger partial charge in [-0.1, -0.05) is 0 Å². The second kappa shape index (κ2) is 10.3. The van der Waals surface area contributed by atoms with Crippen LogP contribution in [0.2, 0.25) is 0 Å². The fourth-order valence-corrected chi connectivity index (χ4v) is 4.96. The number of hydrogen-bond donors (Lipinski definition) is 2. The molecule has 190 valence electrons. The maximum atomic E-state index is 13.4. The van der Waals surface area contributed by atoms with Crippen molar-refractivity contribution >= 4 is 23.4 Å². The Morgan fingerprint density at radius 3 is 2.58 bits per heavy atom. The highest BCUT2D eigenvalue weighted by molar-refractivity contribution is 6.05. The number of hydrogen-bond acceptors (Lipinski definition) is 5. The molecule has 2 N–H and O–H groups in total. The van der Waals surface area contributed by atoms with Gasteiger partial charge in [0.25, 0.3) is 11.8 Å². The number of benzene rings is 2. The Balaban J connectivity index is 1.26. The molecule has 1 aliphatic carbocycles. The number of halogens is 1. The van der Waals surface area contributed by atoms with Crippen LogP contribution >= 0.6 is 0 Å². The first-order valence-electron chi connectivity index (χ1n) is 12.4. The molecule has 36 heavy (non-hydrogen) atoms. The average Bonchev–Trinajstić information content (AvgIpc) is 2.84. The third-order valence-electron chi connectivity index (χ3n) is 7.26. The Kier molecular flexibility index (Phi) is 6.91. The number of carbonyl (C=O) groups excluding carboxylic acids is 3. The van der Waals surface area contributed by atoms with Crippen LogP contribution in [-0.2, 0) is 9.53 Å². The van der Waals surface area contributed by atoms with Crippen LogP contribution in [0.25, 0.3) is 0 Å². The van der Waals surface area contributed by atoms with E-state index >= 15 is 0 Å². The van der Waals surface area contributed by atoms with E-state index < -0.39 is 11.7 Å². The predicted octanol–water partition coefficient (Wildman–Crippen LogP) is 3.52. The third-order valence-corrected chi connectivity index (χ3v) is 7.26.